The van der Waals surface area contributed by atoms with E-state index in [0.29, 0.717) is 31.0 Å². The molecule has 3 saturated heterocycles. The minimum atomic E-state index is -0.165. The summed E-state index contributed by atoms with van der Waals surface area (Å²) in [5.41, 5.74) is 1.87. The zero-order valence-corrected chi connectivity index (χ0v) is 15.3. The number of carbonyl (C=O) groups is 2. The van der Waals surface area contributed by atoms with E-state index in [4.69, 9.17) is 0 Å². The molecule has 0 N–H and O–H groups in total. The Hall–Kier alpha value is -3.29. The van der Waals surface area contributed by atoms with Crippen molar-refractivity contribution in [2.75, 3.05) is 13.1 Å². The zero-order valence-electron chi connectivity index (χ0n) is 15.3. The van der Waals surface area contributed by atoms with E-state index in [1.807, 2.05) is 23.1 Å². The lowest BCUT2D eigenvalue weighted by Crippen LogP contribution is -2.47. The molecule has 142 valence electrons. The molecule has 2 unspecified atom stereocenters. The second-order valence-corrected chi connectivity index (χ2v) is 7.38. The summed E-state index contributed by atoms with van der Waals surface area (Å²) in [5, 5.41) is 4.35. The molecule has 2 atom stereocenters. The third-order valence-corrected chi connectivity index (χ3v) is 5.59. The van der Waals surface area contributed by atoms with Gasteiger partial charge in [-0.15, -0.1) is 0 Å². The molecule has 3 aromatic heterocycles. The van der Waals surface area contributed by atoms with E-state index in [0.717, 1.165) is 18.5 Å². The highest BCUT2D eigenvalue weighted by molar-refractivity contribution is 5.94. The molecule has 0 spiro atoms. The van der Waals surface area contributed by atoms with E-state index >= 15 is 0 Å². The third kappa shape index (κ3) is 2.90. The van der Waals surface area contributed by atoms with Gasteiger partial charge in [0.1, 0.15) is 0 Å². The van der Waals surface area contributed by atoms with E-state index in [1.54, 1.807) is 40.1 Å². The van der Waals surface area contributed by atoms with Crippen LogP contribution in [-0.2, 0) is 11.3 Å². The summed E-state index contributed by atoms with van der Waals surface area (Å²) in [6, 6.07) is 9.20. The van der Waals surface area contributed by atoms with Crippen LogP contribution >= 0.6 is 0 Å². The maximum absolute atomic E-state index is 13.1. The van der Waals surface area contributed by atoms with Crippen LogP contribution in [-0.4, -0.2) is 60.3 Å². The first-order chi connectivity index (χ1) is 13.7. The number of hydrogen-bond acceptors (Lipinski definition) is 5. The van der Waals surface area contributed by atoms with Gasteiger partial charge in [-0.1, -0.05) is 6.07 Å². The van der Waals surface area contributed by atoms with Crippen molar-refractivity contribution in [1.29, 1.82) is 0 Å². The molecule has 2 amide bonds. The lowest BCUT2D eigenvalue weighted by atomic mass is 9.94. The summed E-state index contributed by atoms with van der Waals surface area (Å²) in [4.78, 5) is 38.3. The van der Waals surface area contributed by atoms with Gasteiger partial charge in [-0.2, -0.15) is 5.10 Å². The molecule has 6 heterocycles. The number of amides is 2. The van der Waals surface area contributed by atoms with Gasteiger partial charge in [-0.05, 0) is 31.0 Å². The minimum Gasteiger partial charge on any atom is -0.334 e. The van der Waals surface area contributed by atoms with Crippen LogP contribution in [0.2, 0.25) is 0 Å². The highest BCUT2D eigenvalue weighted by atomic mass is 16.2. The molecule has 3 aliphatic rings. The second kappa shape index (κ2) is 6.70. The van der Waals surface area contributed by atoms with E-state index in [-0.39, 0.29) is 23.8 Å². The Kier molecular flexibility index (Phi) is 4.03. The van der Waals surface area contributed by atoms with Crippen LogP contribution in [0.5, 0.6) is 0 Å². The molecular weight excluding hydrogens is 356 g/mol. The SMILES string of the molecule is O=C(c1cc2ncccn2n1)N1CC2CCC(C1)N(Cc1ccccn1)C2=O. The molecule has 3 aliphatic heterocycles. The first-order valence-corrected chi connectivity index (χ1v) is 9.49. The van der Waals surface area contributed by atoms with Crippen molar-refractivity contribution in [2.45, 2.75) is 25.4 Å². The molecule has 0 saturated carbocycles. The van der Waals surface area contributed by atoms with Crippen LogP contribution in [0.25, 0.3) is 5.65 Å². The summed E-state index contributed by atoms with van der Waals surface area (Å²) in [5.74, 6) is -0.190. The number of pyridine rings is 1. The number of fused-ring (bicyclic) bond motifs is 5. The van der Waals surface area contributed by atoms with Crippen LogP contribution in [0.3, 0.4) is 0 Å². The molecule has 0 radical (unpaired) electrons. The van der Waals surface area contributed by atoms with Crippen molar-refractivity contribution in [3.63, 3.8) is 0 Å². The summed E-state index contributed by atoms with van der Waals surface area (Å²) in [6.45, 7) is 1.45. The molecular formula is C20H20N6O2. The Balaban J connectivity index is 1.39. The van der Waals surface area contributed by atoms with Gasteiger partial charge in [0.2, 0.25) is 5.91 Å². The quantitative estimate of drug-likeness (QED) is 0.690. The molecule has 0 aliphatic carbocycles. The Morgan fingerprint density at radius 1 is 1.11 bits per heavy atom. The first-order valence-electron chi connectivity index (χ1n) is 9.49. The Labute approximate surface area is 161 Å². The number of aromatic nitrogens is 4. The lowest BCUT2D eigenvalue weighted by Gasteiger charge is -2.35. The number of piperidine rings is 1. The Morgan fingerprint density at radius 3 is 2.82 bits per heavy atom. The minimum absolute atomic E-state index is 0.00682. The van der Waals surface area contributed by atoms with Gasteiger partial charge >= 0.3 is 0 Å². The van der Waals surface area contributed by atoms with Gasteiger partial charge in [0.25, 0.3) is 5.91 Å². The number of carbonyl (C=O) groups excluding carboxylic acids is 2. The van der Waals surface area contributed by atoms with Crippen LogP contribution in [0.4, 0.5) is 0 Å². The van der Waals surface area contributed by atoms with Gasteiger partial charge < -0.3 is 9.80 Å². The van der Waals surface area contributed by atoms with E-state index < -0.39 is 0 Å². The summed E-state index contributed by atoms with van der Waals surface area (Å²) < 4.78 is 1.60. The summed E-state index contributed by atoms with van der Waals surface area (Å²) in [7, 11) is 0. The van der Waals surface area contributed by atoms with Crippen molar-refractivity contribution in [1.82, 2.24) is 29.4 Å². The average Bonchev–Trinajstić information content (AvgIpc) is 2.98. The fourth-order valence-corrected chi connectivity index (χ4v) is 4.18. The maximum Gasteiger partial charge on any atom is 0.274 e. The third-order valence-electron chi connectivity index (χ3n) is 5.59. The fraction of sp³-hybridized carbons (Fsp3) is 0.350. The molecule has 28 heavy (non-hydrogen) atoms. The molecule has 6 rings (SSSR count). The highest BCUT2D eigenvalue weighted by Gasteiger charge is 2.42. The summed E-state index contributed by atoms with van der Waals surface area (Å²) >= 11 is 0. The van der Waals surface area contributed by atoms with Gasteiger partial charge in [-0.3, -0.25) is 14.6 Å². The van der Waals surface area contributed by atoms with Gasteiger partial charge in [-0.25, -0.2) is 9.50 Å². The van der Waals surface area contributed by atoms with Crippen molar-refractivity contribution in [3.8, 4) is 0 Å². The number of rotatable bonds is 3. The highest BCUT2D eigenvalue weighted by Crippen LogP contribution is 2.30. The van der Waals surface area contributed by atoms with E-state index in [1.165, 1.54) is 0 Å². The van der Waals surface area contributed by atoms with Crippen molar-refractivity contribution < 1.29 is 9.59 Å². The molecule has 3 aromatic rings. The van der Waals surface area contributed by atoms with Crippen LogP contribution in [0, 0.1) is 5.92 Å². The predicted octanol–water partition coefficient (Wildman–Crippen LogP) is 1.39. The predicted molar refractivity (Wildman–Crippen MR) is 100 cm³/mol. The Morgan fingerprint density at radius 2 is 2.00 bits per heavy atom. The number of hydrogen-bond donors (Lipinski definition) is 0. The largest absolute Gasteiger partial charge is 0.334 e. The molecule has 3 fully saturated rings. The zero-order chi connectivity index (χ0) is 19.1. The van der Waals surface area contributed by atoms with Crippen molar-refractivity contribution in [3.05, 3.63) is 60.3 Å². The topological polar surface area (TPSA) is 83.7 Å². The van der Waals surface area contributed by atoms with Crippen LogP contribution in [0.1, 0.15) is 29.0 Å². The second-order valence-electron chi connectivity index (χ2n) is 7.38. The maximum atomic E-state index is 13.1. The lowest BCUT2D eigenvalue weighted by molar-refractivity contribution is -0.140. The van der Waals surface area contributed by atoms with Crippen LogP contribution < -0.4 is 0 Å². The van der Waals surface area contributed by atoms with Gasteiger partial charge in [0.15, 0.2) is 11.3 Å². The fourth-order valence-electron chi connectivity index (χ4n) is 4.18. The Bertz CT molecular complexity index is 1000. The normalized spacial score (nSPS) is 21.9. The first kappa shape index (κ1) is 16.9. The monoisotopic (exact) mass is 376 g/mol. The van der Waals surface area contributed by atoms with E-state index in [9.17, 15) is 9.59 Å². The standard InChI is InChI=1S/C20H20N6O2/c27-19-14-5-6-16(25(19)12-15-4-1-2-7-21-15)13-24(11-14)20(28)17-10-18-22-8-3-9-26(18)23-17/h1-4,7-10,14,16H,5-6,11-13H2. The van der Waals surface area contributed by atoms with Gasteiger partial charge in [0, 0.05) is 43.8 Å². The van der Waals surface area contributed by atoms with Crippen LogP contribution in [0.15, 0.2) is 48.9 Å². The summed E-state index contributed by atoms with van der Waals surface area (Å²) in [6.07, 6.45) is 6.90. The van der Waals surface area contributed by atoms with Gasteiger partial charge in [0.05, 0.1) is 18.2 Å². The smallest absolute Gasteiger partial charge is 0.274 e. The van der Waals surface area contributed by atoms with Crippen molar-refractivity contribution in [2.24, 2.45) is 5.92 Å². The average molecular weight is 376 g/mol. The van der Waals surface area contributed by atoms with E-state index in [2.05, 4.69) is 15.1 Å². The molecule has 8 nitrogen and oxygen atoms in total. The molecule has 8 heteroatoms. The molecule has 2 bridgehead atoms. The number of nitrogens with zero attached hydrogens (tertiary/aromatic N) is 6. The van der Waals surface area contributed by atoms with Crippen molar-refractivity contribution >= 4 is 17.5 Å². The molecule has 0 aromatic carbocycles.